The minimum Gasteiger partial charge on any atom is -0.466 e. The summed E-state index contributed by atoms with van der Waals surface area (Å²) in [6.45, 7) is 4.89. The molecule has 0 spiro atoms. The maximum atomic E-state index is 12.4. The summed E-state index contributed by atoms with van der Waals surface area (Å²) in [7, 11) is 0. The van der Waals surface area contributed by atoms with Gasteiger partial charge in [-0.2, -0.15) is 0 Å². The Morgan fingerprint density at radius 2 is 0.785 bits per heavy atom. The third kappa shape index (κ3) is 51.6. The van der Waals surface area contributed by atoms with Crippen LogP contribution in [0.3, 0.4) is 0 Å². The number of carbonyl (C=O) groups is 2. The quantitative estimate of drug-likeness (QED) is 0.0321. The zero-order valence-corrected chi connectivity index (χ0v) is 43.7. The van der Waals surface area contributed by atoms with Crippen LogP contribution in [0.5, 0.6) is 0 Å². The molecule has 0 saturated heterocycles. The van der Waals surface area contributed by atoms with Crippen LogP contribution in [0, 0.1) is 0 Å². The third-order valence-electron chi connectivity index (χ3n) is 13.5. The lowest BCUT2D eigenvalue weighted by Crippen LogP contribution is -2.45. The Morgan fingerprint density at radius 3 is 1.22 bits per heavy atom. The van der Waals surface area contributed by atoms with Crippen LogP contribution < -0.4 is 5.32 Å². The van der Waals surface area contributed by atoms with E-state index in [1.165, 1.54) is 231 Å². The van der Waals surface area contributed by atoms with Gasteiger partial charge < -0.3 is 20.3 Å². The first kappa shape index (κ1) is 63.3. The zero-order valence-electron chi connectivity index (χ0n) is 43.7. The zero-order chi connectivity index (χ0) is 47.2. The van der Waals surface area contributed by atoms with E-state index in [-0.39, 0.29) is 18.5 Å². The molecular formula is C59H113NO5. The van der Waals surface area contributed by atoms with E-state index >= 15 is 0 Å². The van der Waals surface area contributed by atoms with Crippen LogP contribution in [-0.4, -0.2) is 47.4 Å². The molecule has 0 aliphatic heterocycles. The van der Waals surface area contributed by atoms with E-state index in [0.29, 0.717) is 25.9 Å². The number of amides is 1. The molecule has 3 N–H and O–H groups in total. The number of aliphatic hydroxyl groups excluding tert-OH is 2. The van der Waals surface area contributed by atoms with Crippen LogP contribution in [0.1, 0.15) is 316 Å². The minimum atomic E-state index is -0.660. The van der Waals surface area contributed by atoms with Crippen LogP contribution in [-0.2, 0) is 14.3 Å². The normalized spacial score (nSPS) is 12.7. The van der Waals surface area contributed by atoms with Crippen molar-refractivity contribution in [3.05, 3.63) is 24.3 Å². The van der Waals surface area contributed by atoms with Crippen LogP contribution >= 0.6 is 0 Å². The number of allylic oxidation sites excluding steroid dienone is 4. The van der Waals surface area contributed by atoms with Gasteiger partial charge in [0.1, 0.15) is 0 Å². The van der Waals surface area contributed by atoms with E-state index < -0.39 is 12.1 Å². The van der Waals surface area contributed by atoms with Crippen molar-refractivity contribution < 1.29 is 24.5 Å². The molecule has 0 rings (SSSR count). The average molecular weight is 917 g/mol. The smallest absolute Gasteiger partial charge is 0.305 e. The monoisotopic (exact) mass is 916 g/mol. The van der Waals surface area contributed by atoms with Gasteiger partial charge in [-0.3, -0.25) is 9.59 Å². The molecule has 0 aromatic rings. The topological polar surface area (TPSA) is 95.9 Å². The Hall–Kier alpha value is -1.66. The molecule has 0 aliphatic carbocycles. The van der Waals surface area contributed by atoms with Gasteiger partial charge in [0.2, 0.25) is 5.91 Å². The predicted molar refractivity (Wildman–Crippen MR) is 283 cm³/mol. The number of ether oxygens (including phenoxy) is 1. The molecule has 0 saturated carbocycles. The Balaban J connectivity index is 3.33. The average Bonchev–Trinajstić information content (AvgIpc) is 3.31. The van der Waals surface area contributed by atoms with Gasteiger partial charge in [0.15, 0.2) is 0 Å². The highest BCUT2D eigenvalue weighted by Crippen LogP contribution is 2.17. The van der Waals surface area contributed by atoms with Gasteiger partial charge in [-0.05, 0) is 51.4 Å². The standard InChI is InChI=1S/C59H113NO5/c1-3-5-7-9-11-13-14-15-30-33-37-41-45-49-53-59(64)65-54-50-46-42-38-34-31-28-26-24-22-20-18-16-17-19-21-23-25-27-29-32-36-40-44-48-52-58(63)60-56(55-61)57(62)51-47-43-39-35-12-10-8-6-4-2/h9,11,14-15,56-57,61-62H,3-8,10,12-13,16-55H2,1-2H3,(H,60,63)/b11-9-,15-14-. The first-order chi connectivity index (χ1) is 32.0. The van der Waals surface area contributed by atoms with E-state index in [9.17, 15) is 19.8 Å². The van der Waals surface area contributed by atoms with Gasteiger partial charge in [0.25, 0.3) is 0 Å². The lowest BCUT2D eigenvalue weighted by atomic mass is 10.0. The first-order valence-electron chi connectivity index (χ1n) is 29.1. The Labute approximate surface area is 405 Å². The van der Waals surface area contributed by atoms with Crippen LogP contribution in [0.15, 0.2) is 24.3 Å². The summed E-state index contributed by atoms with van der Waals surface area (Å²) in [5.74, 6) is -0.0335. The van der Waals surface area contributed by atoms with Gasteiger partial charge in [-0.15, -0.1) is 0 Å². The molecule has 0 radical (unpaired) electrons. The van der Waals surface area contributed by atoms with Crippen LogP contribution in [0.25, 0.3) is 0 Å². The largest absolute Gasteiger partial charge is 0.466 e. The van der Waals surface area contributed by atoms with Crippen molar-refractivity contribution in [2.24, 2.45) is 0 Å². The summed E-state index contributed by atoms with van der Waals surface area (Å²) in [5, 5.41) is 23.1. The van der Waals surface area contributed by atoms with E-state index in [1.807, 2.05) is 0 Å². The highest BCUT2D eigenvalue weighted by Gasteiger charge is 2.20. The maximum absolute atomic E-state index is 12.4. The Kier molecular flexibility index (Phi) is 53.5. The number of hydrogen-bond acceptors (Lipinski definition) is 5. The van der Waals surface area contributed by atoms with Gasteiger partial charge in [-0.1, -0.05) is 276 Å². The first-order valence-corrected chi connectivity index (χ1v) is 29.1. The van der Waals surface area contributed by atoms with E-state index in [4.69, 9.17) is 4.74 Å². The van der Waals surface area contributed by atoms with Gasteiger partial charge >= 0.3 is 5.97 Å². The molecular weight excluding hydrogens is 803 g/mol. The second kappa shape index (κ2) is 54.9. The SMILES string of the molecule is CCCC/C=C\C/C=C\CCCCCCCC(=O)OCCCCCCCCCCCCCCCCCCCCCCCCCCCC(=O)NC(CO)C(O)CCCCCCCCCCC. The number of carbonyl (C=O) groups excluding carboxylic acids is 2. The fraction of sp³-hybridized carbons (Fsp3) is 0.898. The molecule has 6 nitrogen and oxygen atoms in total. The summed E-state index contributed by atoms with van der Waals surface area (Å²) < 4.78 is 5.47. The van der Waals surface area contributed by atoms with E-state index in [0.717, 1.165) is 51.4 Å². The van der Waals surface area contributed by atoms with E-state index in [1.54, 1.807) is 0 Å². The lowest BCUT2D eigenvalue weighted by Gasteiger charge is -2.22. The van der Waals surface area contributed by atoms with Crippen molar-refractivity contribution in [2.45, 2.75) is 328 Å². The molecule has 0 fully saturated rings. The Bertz CT molecular complexity index is 1010. The highest BCUT2D eigenvalue weighted by atomic mass is 16.5. The number of esters is 1. The van der Waals surface area contributed by atoms with Crippen molar-refractivity contribution in [1.82, 2.24) is 5.32 Å². The Morgan fingerprint density at radius 1 is 0.431 bits per heavy atom. The number of hydrogen-bond donors (Lipinski definition) is 3. The molecule has 65 heavy (non-hydrogen) atoms. The molecule has 0 bridgehead atoms. The van der Waals surface area contributed by atoms with Gasteiger partial charge in [-0.25, -0.2) is 0 Å². The minimum absolute atomic E-state index is 0.00165. The molecule has 1 amide bonds. The molecule has 2 unspecified atom stereocenters. The number of aliphatic hydroxyl groups is 2. The molecule has 0 aromatic carbocycles. The maximum Gasteiger partial charge on any atom is 0.305 e. The van der Waals surface area contributed by atoms with Crippen molar-refractivity contribution in [3.63, 3.8) is 0 Å². The molecule has 2 atom stereocenters. The summed E-state index contributed by atoms with van der Waals surface area (Å²) >= 11 is 0. The number of nitrogens with one attached hydrogen (secondary N) is 1. The second-order valence-electron chi connectivity index (χ2n) is 20.0. The number of unbranched alkanes of at least 4 members (excludes halogenated alkanes) is 39. The van der Waals surface area contributed by atoms with Crippen molar-refractivity contribution in [1.29, 1.82) is 0 Å². The lowest BCUT2D eigenvalue weighted by molar-refractivity contribution is -0.143. The van der Waals surface area contributed by atoms with Crippen LogP contribution in [0.2, 0.25) is 0 Å². The van der Waals surface area contributed by atoms with E-state index in [2.05, 4.69) is 43.5 Å². The molecule has 0 aromatic heterocycles. The molecule has 6 heteroatoms. The highest BCUT2D eigenvalue weighted by molar-refractivity contribution is 5.76. The van der Waals surface area contributed by atoms with Gasteiger partial charge in [0.05, 0.1) is 25.4 Å². The fourth-order valence-corrected chi connectivity index (χ4v) is 9.01. The molecule has 0 heterocycles. The van der Waals surface area contributed by atoms with Crippen molar-refractivity contribution in [2.75, 3.05) is 13.2 Å². The third-order valence-corrected chi connectivity index (χ3v) is 13.5. The molecule has 0 aliphatic rings. The summed E-state index contributed by atoms with van der Waals surface area (Å²) in [4.78, 5) is 24.4. The number of rotatable bonds is 54. The summed E-state index contributed by atoms with van der Waals surface area (Å²) in [6, 6.07) is -0.537. The second-order valence-corrected chi connectivity index (χ2v) is 20.0. The summed E-state index contributed by atoms with van der Waals surface area (Å²) in [5.41, 5.74) is 0. The van der Waals surface area contributed by atoms with Gasteiger partial charge in [0, 0.05) is 12.8 Å². The molecule has 384 valence electrons. The fourth-order valence-electron chi connectivity index (χ4n) is 9.01. The summed E-state index contributed by atoms with van der Waals surface area (Å²) in [6.07, 6.45) is 66.2. The van der Waals surface area contributed by atoms with Crippen molar-refractivity contribution in [3.8, 4) is 0 Å². The van der Waals surface area contributed by atoms with Crippen molar-refractivity contribution >= 4 is 11.9 Å². The van der Waals surface area contributed by atoms with Crippen LogP contribution in [0.4, 0.5) is 0 Å². The predicted octanol–water partition coefficient (Wildman–Crippen LogP) is 17.9.